The van der Waals surface area contributed by atoms with E-state index in [9.17, 15) is 0 Å². The van der Waals surface area contributed by atoms with E-state index < -0.39 is 0 Å². The number of hydrogen-bond donors (Lipinski definition) is 0. The fourth-order valence-corrected chi connectivity index (χ4v) is 1.20. The van der Waals surface area contributed by atoms with Crippen LogP contribution in [-0.4, -0.2) is 0 Å². The maximum atomic E-state index is 2.32. The summed E-state index contributed by atoms with van der Waals surface area (Å²) in [6.07, 6.45) is 15.9. The highest BCUT2D eigenvalue weighted by molar-refractivity contribution is 5.09. The van der Waals surface area contributed by atoms with Crippen LogP contribution in [0.4, 0.5) is 0 Å². The fraction of sp³-hybridized carbons (Fsp3) is 0.455. The predicted octanol–water partition coefficient (Wildman–Crippen LogP) is 3.62. The molecule has 0 atom stereocenters. The molecule has 0 saturated carbocycles. The Morgan fingerprint density at radius 2 is 2.00 bits per heavy atom. The number of rotatable bonds is 0. The molecule has 1 aliphatic rings. The SMILES string of the molecule is C/C1=C/C/C=C\C=C/CCC1. The zero-order valence-electron chi connectivity index (χ0n) is 7.22. The van der Waals surface area contributed by atoms with Gasteiger partial charge in [0.05, 0.1) is 0 Å². The van der Waals surface area contributed by atoms with Crippen LogP contribution in [0.2, 0.25) is 0 Å². The summed E-state index contributed by atoms with van der Waals surface area (Å²) in [7, 11) is 0. The first-order valence-electron chi connectivity index (χ1n) is 4.37. The van der Waals surface area contributed by atoms with Crippen LogP contribution < -0.4 is 0 Å². The van der Waals surface area contributed by atoms with Gasteiger partial charge in [-0.25, -0.2) is 0 Å². The first-order valence-corrected chi connectivity index (χ1v) is 4.37. The molecule has 0 aromatic heterocycles. The lowest BCUT2D eigenvalue weighted by Gasteiger charge is -1.99. The number of hydrogen-bond acceptors (Lipinski definition) is 0. The van der Waals surface area contributed by atoms with Crippen LogP contribution in [0.3, 0.4) is 0 Å². The van der Waals surface area contributed by atoms with Gasteiger partial charge in [-0.3, -0.25) is 0 Å². The largest absolute Gasteiger partial charge is 0.0845 e. The molecule has 1 rings (SSSR count). The molecule has 11 heavy (non-hydrogen) atoms. The van der Waals surface area contributed by atoms with E-state index in [2.05, 4.69) is 37.3 Å². The van der Waals surface area contributed by atoms with Gasteiger partial charge in [0, 0.05) is 0 Å². The molecular weight excluding hydrogens is 132 g/mol. The zero-order valence-corrected chi connectivity index (χ0v) is 7.22. The minimum atomic E-state index is 1.09. The predicted molar refractivity (Wildman–Crippen MR) is 50.5 cm³/mol. The lowest BCUT2D eigenvalue weighted by atomic mass is 10.1. The molecule has 0 N–H and O–H groups in total. The Morgan fingerprint density at radius 1 is 1.18 bits per heavy atom. The Labute approximate surface area is 69.3 Å². The molecule has 0 heterocycles. The van der Waals surface area contributed by atoms with E-state index in [1.54, 1.807) is 0 Å². The van der Waals surface area contributed by atoms with Gasteiger partial charge in [0.2, 0.25) is 0 Å². The van der Waals surface area contributed by atoms with Crippen molar-refractivity contribution in [2.75, 3.05) is 0 Å². The third kappa shape index (κ3) is 3.82. The summed E-state index contributed by atoms with van der Waals surface area (Å²) in [5, 5.41) is 0. The molecule has 0 saturated heterocycles. The lowest BCUT2D eigenvalue weighted by molar-refractivity contribution is 0.828. The summed E-state index contributed by atoms with van der Waals surface area (Å²) in [6, 6.07) is 0. The summed E-state index contributed by atoms with van der Waals surface area (Å²) in [6.45, 7) is 2.22. The first-order chi connectivity index (χ1) is 5.39. The average Bonchev–Trinajstić information content (AvgIpc) is 2.03. The Morgan fingerprint density at radius 3 is 2.91 bits per heavy atom. The standard InChI is InChI=1S/C11H16/c1-11-9-7-5-3-2-4-6-8-10-11/h2-5,9H,6-8,10H2,1H3/b4-2-,5-3-,11-9-. The summed E-state index contributed by atoms with van der Waals surface area (Å²) in [4.78, 5) is 0. The van der Waals surface area contributed by atoms with Gasteiger partial charge in [-0.15, -0.1) is 0 Å². The topological polar surface area (TPSA) is 0 Å². The van der Waals surface area contributed by atoms with Crippen LogP contribution in [0.25, 0.3) is 0 Å². The fourth-order valence-electron chi connectivity index (χ4n) is 1.20. The van der Waals surface area contributed by atoms with Crippen LogP contribution in [0.15, 0.2) is 36.0 Å². The third-order valence-electron chi connectivity index (χ3n) is 1.93. The van der Waals surface area contributed by atoms with E-state index in [4.69, 9.17) is 0 Å². The van der Waals surface area contributed by atoms with Gasteiger partial charge >= 0.3 is 0 Å². The van der Waals surface area contributed by atoms with Crippen molar-refractivity contribution in [1.29, 1.82) is 0 Å². The van der Waals surface area contributed by atoms with Crippen LogP contribution in [0, 0.1) is 0 Å². The van der Waals surface area contributed by atoms with E-state index in [0.29, 0.717) is 0 Å². The van der Waals surface area contributed by atoms with Crippen molar-refractivity contribution in [2.24, 2.45) is 0 Å². The molecule has 60 valence electrons. The Bertz CT molecular complexity index is 182. The molecule has 0 aliphatic heterocycles. The van der Waals surface area contributed by atoms with Gasteiger partial charge < -0.3 is 0 Å². The Balaban J connectivity index is 2.49. The van der Waals surface area contributed by atoms with E-state index in [-0.39, 0.29) is 0 Å². The Kier molecular flexibility index (Phi) is 3.74. The molecule has 0 spiro atoms. The molecule has 0 fully saturated rings. The first kappa shape index (κ1) is 8.32. The van der Waals surface area contributed by atoms with Crippen molar-refractivity contribution in [1.82, 2.24) is 0 Å². The van der Waals surface area contributed by atoms with Gasteiger partial charge in [0.1, 0.15) is 0 Å². The molecule has 0 nitrogen and oxygen atoms in total. The highest BCUT2D eigenvalue weighted by Gasteiger charge is 1.89. The van der Waals surface area contributed by atoms with Crippen LogP contribution >= 0.6 is 0 Å². The molecule has 0 aromatic carbocycles. The van der Waals surface area contributed by atoms with Crippen LogP contribution in [0.1, 0.15) is 32.6 Å². The van der Waals surface area contributed by atoms with E-state index in [1.165, 1.54) is 24.8 Å². The molecule has 0 amide bonds. The van der Waals surface area contributed by atoms with Gasteiger partial charge in [0.15, 0.2) is 0 Å². The van der Waals surface area contributed by atoms with Crippen molar-refractivity contribution in [3.63, 3.8) is 0 Å². The van der Waals surface area contributed by atoms with E-state index >= 15 is 0 Å². The monoisotopic (exact) mass is 148 g/mol. The maximum Gasteiger partial charge on any atom is -0.0163 e. The van der Waals surface area contributed by atoms with Crippen molar-refractivity contribution in [2.45, 2.75) is 32.6 Å². The smallest absolute Gasteiger partial charge is 0.0163 e. The molecule has 0 aromatic rings. The van der Waals surface area contributed by atoms with Crippen LogP contribution in [0.5, 0.6) is 0 Å². The van der Waals surface area contributed by atoms with Crippen molar-refractivity contribution in [3.05, 3.63) is 36.0 Å². The summed E-state index contributed by atoms with van der Waals surface area (Å²) >= 11 is 0. The van der Waals surface area contributed by atoms with Crippen molar-refractivity contribution in [3.8, 4) is 0 Å². The minimum absolute atomic E-state index is 1.09. The zero-order chi connectivity index (χ0) is 7.94. The highest BCUT2D eigenvalue weighted by atomic mass is 14.0. The van der Waals surface area contributed by atoms with Gasteiger partial charge in [-0.2, -0.15) is 0 Å². The second-order valence-corrected chi connectivity index (χ2v) is 3.03. The molecule has 0 unspecified atom stereocenters. The van der Waals surface area contributed by atoms with Crippen LogP contribution in [-0.2, 0) is 0 Å². The number of allylic oxidation sites excluding steroid dienone is 6. The third-order valence-corrected chi connectivity index (χ3v) is 1.93. The van der Waals surface area contributed by atoms with E-state index in [0.717, 1.165) is 6.42 Å². The van der Waals surface area contributed by atoms with Crippen molar-refractivity contribution < 1.29 is 0 Å². The summed E-state index contributed by atoms with van der Waals surface area (Å²) < 4.78 is 0. The van der Waals surface area contributed by atoms with Gasteiger partial charge in [-0.05, 0) is 32.6 Å². The lowest BCUT2D eigenvalue weighted by Crippen LogP contribution is -1.78. The normalized spacial score (nSPS) is 30.1. The second-order valence-electron chi connectivity index (χ2n) is 3.03. The molecular formula is C11H16. The van der Waals surface area contributed by atoms with E-state index in [1.807, 2.05) is 0 Å². The van der Waals surface area contributed by atoms with Gasteiger partial charge in [-0.1, -0.05) is 36.0 Å². The van der Waals surface area contributed by atoms with Gasteiger partial charge in [0.25, 0.3) is 0 Å². The summed E-state index contributed by atoms with van der Waals surface area (Å²) in [5.41, 5.74) is 1.53. The summed E-state index contributed by atoms with van der Waals surface area (Å²) in [5.74, 6) is 0. The molecule has 1 aliphatic carbocycles. The Hall–Kier alpha value is -0.780. The minimum Gasteiger partial charge on any atom is -0.0845 e. The van der Waals surface area contributed by atoms with Crippen molar-refractivity contribution >= 4 is 0 Å². The second kappa shape index (κ2) is 4.95. The molecule has 0 radical (unpaired) electrons. The molecule has 0 bridgehead atoms. The maximum absolute atomic E-state index is 2.32. The molecule has 0 heteroatoms. The highest BCUT2D eigenvalue weighted by Crippen LogP contribution is 2.09. The quantitative estimate of drug-likeness (QED) is 0.460. The average molecular weight is 148 g/mol.